The van der Waals surface area contributed by atoms with Gasteiger partial charge in [-0.1, -0.05) is 7.43 Å². The number of nitrogens with two attached hydrogens (primary N) is 2. The maximum atomic E-state index is 9.85. The highest BCUT2D eigenvalue weighted by molar-refractivity contribution is 5.66. The summed E-state index contributed by atoms with van der Waals surface area (Å²) in [6.07, 6.45) is -1.47. The number of carbonyl (C=O) groups excluding carboxylic acids is 5. The second kappa shape index (κ2) is 63.2. The van der Waals surface area contributed by atoms with Crippen molar-refractivity contribution in [1.29, 1.82) is 0 Å². The van der Waals surface area contributed by atoms with E-state index in [1.54, 1.807) is 0 Å². The summed E-state index contributed by atoms with van der Waals surface area (Å²) in [5.41, 5.74) is 8.93. The lowest BCUT2D eigenvalue weighted by molar-refractivity contribution is -0.106. The van der Waals surface area contributed by atoms with Gasteiger partial charge in [0, 0.05) is 21.2 Å². The first-order valence-corrected chi connectivity index (χ1v) is 7.50. The number of primary amides is 1. The first-order chi connectivity index (χ1) is 14.1. The Morgan fingerprint density at radius 3 is 0.935 bits per heavy atom. The van der Waals surface area contributed by atoms with E-state index >= 15 is 0 Å². The zero-order chi connectivity index (χ0) is 26.0. The molecule has 0 aliphatic rings. The molecule has 0 saturated heterocycles. The van der Waals surface area contributed by atoms with Gasteiger partial charge in [0.05, 0.1) is 35.5 Å². The van der Waals surface area contributed by atoms with Crippen molar-refractivity contribution in [3.63, 3.8) is 0 Å². The number of aldehydes is 1. The van der Waals surface area contributed by atoms with Crippen LogP contribution in [0, 0.1) is 0 Å². The SMILES string of the molecule is C.CC=O.CN.CNC(=O)OC.CNC(=O)OC.CO.COC(=O)OC.COC(N)=O. The van der Waals surface area contributed by atoms with Gasteiger partial charge in [0.2, 0.25) is 0 Å². The number of ether oxygens (including phenoxy) is 5. The van der Waals surface area contributed by atoms with E-state index in [-0.39, 0.29) is 7.43 Å². The van der Waals surface area contributed by atoms with E-state index in [1.807, 2.05) is 0 Å². The van der Waals surface area contributed by atoms with Crippen LogP contribution in [0.3, 0.4) is 0 Å². The van der Waals surface area contributed by atoms with Gasteiger partial charge in [-0.05, 0) is 14.0 Å². The quantitative estimate of drug-likeness (QED) is 0.181. The van der Waals surface area contributed by atoms with Crippen LogP contribution in [0.5, 0.6) is 0 Å². The highest BCUT2D eigenvalue weighted by Gasteiger charge is 1.89. The number of aliphatic hydroxyl groups is 1. The van der Waals surface area contributed by atoms with Crippen molar-refractivity contribution in [3.05, 3.63) is 0 Å². The maximum absolute atomic E-state index is 9.85. The summed E-state index contributed by atoms with van der Waals surface area (Å²) < 4.78 is 20.3. The lowest BCUT2D eigenvalue weighted by atomic mass is 11.0. The van der Waals surface area contributed by atoms with Crippen molar-refractivity contribution in [2.75, 3.05) is 63.8 Å². The Bertz CT molecular complexity index is 315. The van der Waals surface area contributed by atoms with E-state index in [1.165, 1.54) is 63.6 Å². The van der Waals surface area contributed by atoms with Crippen LogP contribution >= 0.6 is 0 Å². The molecule has 0 bridgehead atoms. The number of methoxy groups -OCH3 is 5. The van der Waals surface area contributed by atoms with Crippen molar-refractivity contribution in [2.45, 2.75) is 14.4 Å². The molecule has 0 saturated carbocycles. The Labute approximate surface area is 184 Å². The van der Waals surface area contributed by atoms with E-state index in [0.29, 0.717) is 0 Å². The third-order valence-electron chi connectivity index (χ3n) is 1.31. The van der Waals surface area contributed by atoms with Crippen LogP contribution in [0.25, 0.3) is 0 Å². The van der Waals surface area contributed by atoms with Gasteiger partial charge in [-0.25, -0.2) is 19.2 Å². The first-order valence-electron chi connectivity index (χ1n) is 7.50. The molecule has 0 aromatic carbocycles. The van der Waals surface area contributed by atoms with E-state index in [9.17, 15) is 19.2 Å². The number of amides is 3. The van der Waals surface area contributed by atoms with E-state index in [4.69, 9.17) is 9.90 Å². The summed E-state index contributed by atoms with van der Waals surface area (Å²) in [5.74, 6) is 0. The fourth-order valence-electron chi connectivity index (χ4n) is 0.287. The monoisotopic (exact) mass is 466 g/mol. The molecule has 0 aromatic heterocycles. The van der Waals surface area contributed by atoms with Crippen molar-refractivity contribution < 1.29 is 52.8 Å². The normalized spacial score (nSPS) is 5.94. The van der Waals surface area contributed by atoms with Gasteiger partial charge in [0.1, 0.15) is 6.29 Å². The number of hydrogen-bond donors (Lipinski definition) is 5. The molecule has 15 nitrogen and oxygen atoms in total. The zero-order valence-corrected chi connectivity index (χ0v) is 19.3. The predicted molar refractivity (Wildman–Crippen MR) is 116 cm³/mol. The average Bonchev–Trinajstić information content (AvgIpc) is 2.81. The molecule has 0 atom stereocenters. The average molecular weight is 467 g/mol. The molecule has 15 heteroatoms. The molecule has 0 aromatic rings. The minimum atomic E-state index is -0.745. The van der Waals surface area contributed by atoms with Crippen LogP contribution in [0.4, 0.5) is 19.2 Å². The molecular weight excluding hydrogens is 424 g/mol. The number of alkyl carbamates (subject to hydrolysis) is 2. The van der Waals surface area contributed by atoms with Crippen LogP contribution in [-0.2, 0) is 28.5 Å². The second-order valence-corrected chi connectivity index (χ2v) is 2.90. The third-order valence-corrected chi connectivity index (χ3v) is 1.31. The molecule has 0 aliphatic carbocycles. The Morgan fingerprint density at radius 1 is 0.742 bits per heavy atom. The Balaban J connectivity index is -0.0000000343. The summed E-state index contributed by atoms with van der Waals surface area (Å²) in [5, 5.41) is 11.5. The third kappa shape index (κ3) is 143. The molecule has 0 heterocycles. The van der Waals surface area contributed by atoms with Gasteiger partial charge in [-0.15, -0.1) is 0 Å². The molecule has 0 rings (SSSR count). The summed E-state index contributed by atoms with van der Waals surface area (Å²) >= 11 is 0. The summed E-state index contributed by atoms with van der Waals surface area (Å²) in [7, 11) is 11.9. The molecule has 0 radical (unpaired) electrons. The van der Waals surface area contributed by atoms with Gasteiger partial charge in [-0.2, -0.15) is 0 Å². The van der Waals surface area contributed by atoms with Gasteiger partial charge >= 0.3 is 24.4 Å². The summed E-state index contributed by atoms with van der Waals surface area (Å²) in [4.78, 5) is 47.6. The van der Waals surface area contributed by atoms with Crippen molar-refractivity contribution >= 4 is 30.7 Å². The largest absolute Gasteiger partial charge is 0.507 e. The molecule has 0 aliphatic heterocycles. The van der Waals surface area contributed by atoms with Crippen LogP contribution in [0.15, 0.2) is 0 Å². The van der Waals surface area contributed by atoms with E-state index < -0.39 is 24.4 Å². The molecule has 31 heavy (non-hydrogen) atoms. The predicted octanol–water partition coefficient (Wildman–Crippen LogP) is 0.0798. The Morgan fingerprint density at radius 2 is 0.935 bits per heavy atom. The first kappa shape index (κ1) is 50.9. The van der Waals surface area contributed by atoms with Gasteiger partial charge in [-0.3, -0.25) is 0 Å². The molecular formula is C16H42N4O11. The van der Waals surface area contributed by atoms with Crippen LogP contribution in [0.1, 0.15) is 14.4 Å². The number of nitrogens with one attached hydrogen (secondary N) is 2. The molecule has 7 N–H and O–H groups in total. The topological polar surface area (TPSA) is 228 Å². The minimum absolute atomic E-state index is 0. The highest BCUT2D eigenvalue weighted by atomic mass is 16.7. The van der Waals surface area contributed by atoms with E-state index in [0.717, 1.165) is 13.4 Å². The van der Waals surface area contributed by atoms with Crippen molar-refractivity contribution in [1.82, 2.24) is 10.6 Å². The zero-order valence-electron chi connectivity index (χ0n) is 19.3. The Hall–Kier alpha value is -3.33. The number of aliphatic hydroxyl groups excluding tert-OH is 1. The maximum Gasteiger partial charge on any atom is 0.507 e. The smallest absolute Gasteiger partial charge is 0.453 e. The van der Waals surface area contributed by atoms with E-state index in [2.05, 4.69) is 45.8 Å². The highest BCUT2D eigenvalue weighted by Crippen LogP contribution is 1.72. The fourth-order valence-corrected chi connectivity index (χ4v) is 0.287. The van der Waals surface area contributed by atoms with Crippen LogP contribution in [-0.4, -0.2) is 99.6 Å². The fraction of sp³-hybridized carbons (Fsp3) is 0.688. The molecule has 0 fully saturated rings. The lowest BCUT2D eigenvalue weighted by Crippen LogP contribution is -2.16. The molecule has 192 valence electrons. The van der Waals surface area contributed by atoms with Gasteiger partial charge < -0.3 is 55.7 Å². The van der Waals surface area contributed by atoms with Crippen molar-refractivity contribution in [3.8, 4) is 0 Å². The molecule has 0 spiro atoms. The summed E-state index contributed by atoms with van der Waals surface area (Å²) in [6, 6.07) is 0. The lowest BCUT2D eigenvalue weighted by Gasteiger charge is -1.90. The molecule has 3 amide bonds. The number of hydrogen-bond acceptors (Lipinski definition) is 12. The van der Waals surface area contributed by atoms with Crippen molar-refractivity contribution in [2.24, 2.45) is 11.5 Å². The van der Waals surface area contributed by atoms with Gasteiger partial charge in [0.25, 0.3) is 0 Å². The molecule has 0 unspecified atom stereocenters. The van der Waals surface area contributed by atoms with Crippen LogP contribution in [0.2, 0.25) is 0 Å². The minimum Gasteiger partial charge on any atom is -0.453 e. The number of carbonyl (C=O) groups is 5. The van der Waals surface area contributed by atoms with Crippen LogP contribution < -0.4 is 22.1 Å². The number of rotatable bonds is 0. The second-order valence-electron chi connectivity index (χ2n) is 2.90. The standard InChI is InChI=1S/2C3H7NO2.C3H6O3.C2H5NO2.C2H4O.CH5N.CH4O.CH4/c2*1-4-3(5)6-2;1-5-3(4)6-2;1-5-2(3)4;1-2-3;2*1-2;/h2*1-2H3,(H,4,5);1-2H3;1H3,(H2,3,4);2H,1H3;2H2,1H3;2H,1H3;1H4. The van der Waals surface area contributed by atoms with Gasteiger partial charge in [0.15, 0.2) is 0 Å². The Kier molecular flexibility index (Phi) is 104. The summed E-state index contributed by atoms with van der Waals surface area (Å²) in [6.45, 7) is 1.44.